The molecule has 0 saturated carbocycles. The van der Waals surface area contributed by atoms with Crippen molar-refractivity contribution in [2.24, 2.45) is 0 Å². The van der Waals surface area contributed by atoms with Gasteiger partial charge in [-0.15, -0.1) is 0 Å². The zero-order chi connectivity index (χ0) is 18.3. The van der Waals surface area contributed by atoms with Gasteiger partial charge in [-0.25, -0.2) is 0 Å². The van der Waals surface area contributed by atoms with Gasteiger partial charge >= 0.3 is 0 Å². The van der Waals surface area contributed by atoms with Crippen LogP contribution >= 0.6 is 0 Å². The lowest BCUT2D eigenvalue weighted by Gasteiger charge is -2.26. The first-order valence-electron chi connectivity index (χ1n) is 9.53. The maximum absolute atomic E-state index is 5.86. The van der Waals surface area contributed by atoms with E-state index in [4.69, 9.17) is 9.47 Å². The molecule has 27 heavy (non-hydrogen) atoms. The molecule has 0 spiro atoms. The molecule has 1 aliphatic rings. The smallest absolute Gasteiger partial charge is 0.119 e. The molecule has 0 aliphatic carbocycles. The highest BCUT2D eigenvalue weighted by atomic mass is 16.5. The Kier molecular flexibility index (Phi) is 5.82. The molecule has 3 aromatic rings. The number of ether oxygens (including phenoxy) is 2. The van der Waals surface area contributed by atoms with Crippen molar-refractivity contribution in [3.63, 3.8) is 0 Å². The largest absolute Gasteiger partial charge is 0.494 e. The van der Waals surface area contributed by atoms with Crippen molar-refractivity contribution in [2.75, 3.05) is 39.5 Å². The molecule has 1 N–H and O–H groups in total. The molecule has 1 aliphatic heterocycles. The third kappa shape index (κ3) is 4.76. The van der Waals surface area contributed by atoms with Gasteiger partial charge in [0, 0.05) is 25.0 Å². The second-order valence-electron chi connectivity index (χ2n) is 6.71. The Bertz CT molecular complexity index is 880. The fourth-order valence-corrected chi connectivity index (χ4v) is 3.26. The first-order valence-corrected chi connectivity index (χ1v) is 9.53. The van der Waals surface area contributed by atoms with Gasteiger partial charge in [-0.3, -0.25) is 10.00 Å². The fraction of sp³-hybridized carbons (Fsp3) is 0.318. The molecule has 0 atom stereocenters. The average molecular weight is 363 g/mol. The summed E-state index contributed by atoms with van der Waals surface area (Å²) in [6.07, 6.45) is 5.15. The second-order valence-corrected chi connectivity index (χ2v) is 6.71. The van der Waals surface area contributed by atoms with E-state index in [1.54, 1.807) is 0 Å². The van der Waals surface area contributed by atoms with Crippen LogP contribution < -0.4 is 4.74 Å². The zero-order valence-corrected chi connectivity index (χ0v) is 15.4. The lowest BCUT2D eigenvalue weighted by molar-refractivity contribution is 0.0358. The summed E-state index contributed by atoms with van der Waals surface area (Å²) in [6, 6.07) is 16.3. The number of H-pyrrole nitrogens is 1. The first kappa shape index (κ1) is 17.8. The van der Waals surface area contributed by atoms with Crippen molar-refractivity contribution in [3.05, 3.63) is 59.8 Å². The topological polar surface area (TPSA) is 50.4 Å². The molecule has 140 valence electrons. The van der Waals surface area contributed by atoms with Gasteiger partial charge in [0.1, 0.15) is 5.75 Å². The van der Waals surface area contributed by atoms with Crippen LogP contribution in [-0.4, -0.2) is 54.6 Å². The van der Waals surface area contributed by atoms with Gasteiger partial charge in [0.2, 0.25) is 0 Å². The quantitative estimate of drug-likeness (QED) is 0.648. The van der Waals surface area contributed by atoms with Crippen LogP contribution in [0.5, 0.6) is 5.75 Å². The predicted molar refractivity (Wildman–Crippen MR) is 109 cm³/mol. The van der Waals surface area contributed by atoms with Gasteiger partial charge in [-0.05, 0) is 36.3 Å². The summed E-state index contributed by atoms with van der Waals surface area (Å²) in [4.78, 5) is 2.43. The molecule has 0 unspecified atom stereocenters. The molecule has 0 radical (unpaired) electrons. The number of para-hydroxylation sites is 1. The lowest BCUT2D eigenvalue weighted by Crippen LogP contribution is -2.37. The number of morpholine rings is 1. The molecule has 5 nitrogen and oxygen atoms in total. The number of fused-ring (bicyclic) bond motifs is 1. The van der Waals surface area contributed by atoms with Crippen molar-refractivity contribution < 1.29 is 9.47 Å². The fourth-order valence-electron chi connectivity index (χ4n) is 3.26. The van der Waals surface area contributed by atoms with E-state index in [9.17, 15) is 0 Å². The molecule has 1 saturated heterocycles. The lowest BCUT2D eigenvalue weighted by atomic mass is 10.1. The van der Waals surface area contributed by atoms with Crippen molar-refractivity contribution in [2.45, 2.75) is 6.42 Å². The van der Waals surface area contributed by atoms with E-state index in [1.807, 2.05) is 36.4 Å². The molecule has 1 aromatic heterocycles. The average Bonchev–Trinajstić information content (AvgIpc) is 3.14. The van der Waals surface area contributed by atoms with E-state index in [-0.39, 0.29) is 0 Å². The SMILES string of the molecule is C(=C\c1n[nH]c2ccccc12)/c1ccc(OCCCN2CCOCC2)cc1. The molecule has 4 rings (SSSR count). The highest BCUT2D eigenvalue weighted by molar-refractivity contribution is 5.89. The maximum atomic E-state index is 5.86. The van der Waals surface area contributed by atoms with E-state index >= 15 is 0 Å². The van der Waals surface area contributed by atoms with Gasteiger partial charge < -0.3 is 9.47 Å². The van der Waals surface area contributed by atoms with Crippen LogP contribution in [-0.2, 0) is 4.74 Å². The number of rotatable bonds is 7. The molecule has 1 fully saturated rings. The van der Waals surface area contributed by atoms with Gasteiger partial charge in [-0.1, -0.05) is 36.4 Å². The third-order valence-electron chi connectivity index (χ3n) is 4.80. The molecular weight excluding hydrogens is 338 g/mol. The van der Waals surface area contributed by atoms with Crippen molar-refractivity contribution in [1.82, 2.24) is 15.1 Å². The van der Waals surface area contributed by atoms with E-state index < -0.39 is 0 Å². The van der Waals surface area contributed by atoms with Crippen LogP contribution in [0, 0.1) is 0 Å². The number of hydrogen-bond acceptors (Lipinski definition) is 4. The van der Waals surface area contributed by atoms with E-state index in [2.05, 4.69) is 39.4 Å². The second kappa shape index (κ2) is 8.84. The Labute approximate surface area is 159 Å². The van der Waals surface area contributed by atoms with Crippen LogP contribution in [0.1, 0.15) is 17.7 Å². The van der Waals surface area contributed by atoms with Crippen LogP contribution in [0.2, 0.25) is 0 Å². The summed E-state index contributed by atoms with van der Waals surface area (Å²) in [5, 5.41) is 8.56. The molecule has 2 heterocycles. The molecular formula is C22H25N3O2. The van der Waals surface area contributed by atoms with Crippen molar-refractivity contribution >= 4 is 23.1 Å². The van der Waals surface area contributed by atoms with Gasteiger partial charge in [0.05, 0.1) is 31.0 Å². The Morgan fingerprint density at radius 2 is 1.85 bits per heavy atom. The number of aromatic amines is 1. The Hall–Kier alpha value is -2.63. The van der Waals surface area contributed by atoms with Crippen molar-refractivity contribution in [1.29, 1.82) is 0 Å². The number of hydrogen-bond donors (Lipinski definition) is 1. The van der Waals surface area contributed by atoms with Crippen LogP contribution in [0.4, 0.5) is 0 Å². The van der Waals surface area contributed by atoms with E-state index in [0.717, 1.165) is 73.8 Å². The van der Waals surface area contributed by atoms with Crippen molar-refractivity contribution in [3.8, 4) is 5.75 Å². The highest BCUT2D eigenvalue weighted by Crippen LogP contribution is 2.19. The Balaban J connectivity index is 1.27. The molecule has 2 aromatic carbocycles. The van der Waals surface area contributed by atoms with Crippen LogP contribution in [0.15, 0.2) is 48.5 Å². The number of aromatic nitrogens is 2. The Morgan fingerprint density at radius 1 is 1.04 bits per heavy atom. The minimum Gasteiger partial charge on any atom is -0.494 e. The van der Waals surface area contributed by atoms with Crippen LogP contribution in [0.25, 0.3) is 23.1 Å². The van der Waals surface area contributed by atoms with Gasteiger partial charge in [-0.2, -0.15) is 5.10 Å². The normalized spacial score (nSPS) is 15.6. The highest BCUT2D eigenvalue weighted by Gasteiger charge is 2.09. The van der Waals surface area contributed by atoms with E-state index in [1.165, 1.54) is 0 Å². The van der Waals surface area contributed by atoms with E-state index in [0.29, 0.717) is 0 Å². The molecule has 5 heteroatoms. The first-order chi connectivity index (χ1) is 13.4. The summed E-state index contributed by atoms with van der Waals surface area (Å²) in [7, 11) is 0. The predicted octanol–water partition coefficient (Wildman–Crippen LogP) is 3.83. The summed E-state index contributed by atoms with van der Waals surface area (Å²) in [6.45, 7) is 5.58. The molecule has 0 bridgehead atoms. The summed E-state index contributed by atoms with van der Waals surface area (Å²) in [5.41, 5.74) is 3.13. The van der Waals surface area contributed by atoms with Crippen LogP contribution in [0.3, 0.4) is 0 Å². The minimum atomic E-state index is 0.742. The standard InChI is InChI=1S/C22H25N3O2/c1-2-5-21-20(4-1)22(24-23-21)11-8-18-6-9-19(10-7-18)27-15-3-12-25-13-16-26-17-14-25/h1-2,4-11H,3,12-17H2,(H,23,24)/b11-8+. The number of nitrogens with one attached hydrogen (secondary N) is 1. The summed E-state index contributed by atoms with van der Waals surface area (Å²) >= 11 is 0. The summed E-state index contributed by atoms with van der Waals surface area (Å²) < 4.78 is 11.2. The van der Waals surface area contributed by atoms with Gasteiger partial charge in [0.15, 0.2) is 0 Å². The minimum absolute atomic E-state index is 0.742. The maximum Gasteiger partial charge on any atom is 0.119 e. The summed E-state index contributed by atoms with van der Waals surface area (Å²) in [5.74, 6) is 0.916. The van der Waals surface area contributed by atoms with Gasteiger partial charge in [0.25, 0.3) is 0 Å². The molecule has 0 amide bonds. The number of nitrogens with zero attached hydrogens (tertiary/aromatic N) is 2. The monoisotopic (exact) mass is 363 g/mol. The number of benzene rings is 2. The third-order valence-corrected chi connectivity index (χ3v) is 4.80. The Morgan fingerprint density at radius 3 is 2.70 bits per heavy atom. The zero-order valence-electron chi connectivity index (χ0n) is 15.4.